The van der Waals surface area contributed by atoms with Gasteiger partial charge in [0.15, 0.2) is 0 Å². The van der Waals surface area contributed by atoms with Gasteiger partial charge in [0.05, 0.1) is 6.61 Å². The fourth-order valence-electron chi connectivity index (χ4n) is 1.50. The molecule has 88 valence electrons. The second-order valence-electron chi connectivity index (χ2n) is 3.74. The number of amides is 1. The first kappa shape index (κ1) is 11.4. The summed E-state index contributed by atoms with van der Waals surface area (Å²) in [7, 11) is 0. The van der Waals surface area contributed by atoms with E-state index in [1.54, 1.807) is 6.20 Å². The predicted molar refractivity (Wildman–Crippen MR) is 64.2 cm³/mol. The van der Waals surface area contributed by atoms with Crippen LogP contribution in [-0.4, -0.2) is 10.9 Å². The summed E-state index contributed by atoms with van der Waals surface area (Å²) in [4.78, 5) is 19.7. The summed E-state index contributed by atoms with van der Waals surface area (Å²) in [6, 6.07) is 11.5. The molecule has 0 radical (unpaired) electrons. The summed E-state index contributed by atoms with van der Waals surface area (Å²) < 4.78 is 0. The predicted octanol–water partition coefficient (Wildman–Crippen LogP) is 2.18. The summed E-state index contributed by atoms with van der Waals surface area (Å²) in [5, 5.41) is 0. The highest BCUT2D eigenvalue weighted by Crippen LogP contribution is 2.04. The van der Waals surface area contributed by atoms with Crippen LogP contribution in [0.3, 0.4) is 0 Å². The third kappa shape index (κ3) is 2.95. The van der Waals surface area contributed by atoms with E-state index in [1.807, 2.05) is 43.3 Å². The molecule has 2 aromatic rings. The van der Waals surface area contributed by atoms with Crippen molar-refractivity contribution < 1.29 is 9.63 Å². The third-order valence-electron chi connectivity index (χ3n) is 2.43. The summed E-state index contributed by atoms with van der Waals surface area (Å²) in [6.07, 6.45) is 1.72. The Kier molecular flexibility index (Phi) is 3.57. The fraction of sp³-hybridized carbons (Fsp3) is 0.154. The number of hydrogen-bond donors (Lipinski definition) is 2. The van der Waals surface area contributed by atoms with Crippen molar-refractivity contribution in [2.75, 3.05) is 0 Å². The fourth-order valence-corrected chi connectivity index (χ4v) is 1.50. The molecule has 2 N–H and O–H groups in total. The monoisotopic (exact) mass is 230 g/mol. The Morgan fingerprint density at radius 1 is 1.29 bits per heavy atom. The molecule has 1 amide bonds. The van der Waals surface area contributed by atoms with Gasteiger partial charge in [-0.15, -0.1) is 0 Å². The molecule has 0 unspecified atom stereocenters. The number of carbonyl (C=O) groups excluding carboxylic acids is 1. The second-order valence-corrected chi connectivity index (χ2v) is 3.74. The molecule has 1 heterocycles. The van der Waals surface area contributed by atoms with Crippen LogP contribution in [0.2, 0.25) is 0 Å². The number of aromatic nitrogens is 1. The number of hydroxylamine groups is 1. The quantitative estimate of drug-likeness (QED) is 0.791. The Labute approximate surface area is 99.6 Å². The van der Waals surface area contributed by atoms with Crippen LogP contribution in [0, 0.1) is 6.92 Å². The van der Waals surface area contributed by atoms with E-state index in [4.69, 9.17) is 4.84 Å². The van der Waals surface area contributed by atoms with Crippen molar-refractivity contribution in [3.8, 4) is 0 Å². The van der Waals surface area contributed by atoms with E-state index in [-0.39, 0.29) is 5.91 Å². The second kappa shape index (κ2) is 5.32. The Bertz CT molecular complexity index is 491. The smallest absolute Gasteiger partial charge is 0.291 e. The van der Waals surface area contributed by atoms with Crippen LogP contribution in [0.4, 0.5) is 0 Å². The average Bonchev–Trinajstić information content (AvgIpc) is 2.77. The van der Waals surface area contributed by atoms with Crippen molar-refractivity contribution in [1.82, 2.24) is 10.5 Å². The number of hydrogen-bond acceptors (Lipinski definition) is 2. The summed E-state index contributed by atoms with van der Waals surface area (Å²) >= 11 is 0. The molecule has 2 rings (SSSR count). The number of benzene rings is 1. The lowest BCUT2D eigenvalue weighted by atomic mass is 10.2. The maximum Gasteiger partial charge on any atom is 0.291 e. The SMILES string of the molecule is Cc1cc[nH]c1C(=O)NOCc1ccccc1. The third-order valence-corrected chi connectivity index (χ3v) is 2.43. The van der Waals surface area contributed by atoms with E-state index in [0.717, 1.165) is 11.1 Å². The molecular weight excluding hydrogens is 216 g/mol. The molecule has 1 aromatic carbocycles. The van der Waals surface area contributed by atoms with Gasteiger partial charge in [0.1, 0.15) is 5.69 Å². The Hall–Kier alpha value is -2.07. The van der Waals surface area contributed by atoms with E-state index in [1.165, 1.54) is 0 Å². The Morgan fingerprint density at radius 2 is 2.06 bits per heavy atom. The van der Waals surface area contributed by atoms with Gasteiger partial charge >= 0.3 is 0 Å². The van der Waals surface area contributed by atoms with E-state index < -0.39 is 0 Å². The molecule has 4 heteroatoms. The highest BCUT2D eigenvalue weighted by molar-refractivity contribution is 5.93. The number of H-pyrrole nitrogens is 1. The Balaban J connectivity index is 1.84. The molecule has 0 atom stereocenters. The number of aromatic amines is 1. The van der Waals surface area contributed by atoms with Gasteiger partial charge in [-0.2, -0.15) is 0 Å². The van der Waals surface area contributed by atoms with Gasteiger partial charge in [-0.1, -0.05) is 30.3 Å². The zero-order valence-corrected chi connectivity index (χ0v) is 9.57. The minimum atomic E-state index is -0.261. The van der Waals surface area contributed by atoms with E-state index >= 15 is 0 Å². The first-order valence-corrected chi connectivity index (χ1v) is 5.37. The molecule has 0 saturated carbocycles. The van der Waals surface area contributed by atoms with Crippen LogP contribution in [0.5, 0.6) is 0 Å². The van der Waals surface area contributed by atoms with E-state index in [2.05, 4.69) is 10.5 Å². The zero-order chi connectivity index (χ0) is 12.1. The topological polar surface area (TPSA) is 54.1 Å². The summed E-state index contributed by atoms with van der Waals surface area (Å²) in [5.41, 5.74) is 4.83. The average molecular weight is 230 g/mol. The van der Waals surface area contributed by atoms with Crippen LogP contribution in [0.25, 0.3) is 0 Å². The van der Waals surface area contributed by atoms with Crippen LogP contribution >= 0.6 is 0 Å². The van der Waals surface area contributed by atoms with Gasteiger partial charge in [0.25, 0.3) is 5.91 Å². The number of carbonyl (C=O) groups is 1. The molecule has 17 heavy (non-hydrogen) atoms. The highest BCUT2D eigenvalue weighted by atomic mass is 16.6. The molecule has 0 saturated heterocycles. The molecule has 0 spiro atoms. The van der Waals surface area contributed by atoms with Crippen LogP contribution in [0.1, 0.15) is 21.6 Å². The summed E-state index contributed by atoms with van der Waals surface area (Å²) in [6.45, 7) is 2.22. The lowest BCUT2D eigenvalue weighted by Gasteiger charge is -2.05. The molecule has 0 aliphatic carbocycles. The maximum atomic E-state index is 11.6. The lowest BCUT2D eigenvalue weighted by Crippen LogP contribution is -2.24. The van der Waals surface area contributed by atoms with Gasteiger partial charge in [0.2, 0.25) is 0 Å². The van der Waals surface area contributed by atoms with Gasteiger partial charge < -0.3 is 4.98 Å². The van der Waals surface area contributed by atoms with Crippen molar-refractivity contribution in [2.24, 2.45) is 0 Å². The lowest BCUT2D eigenvalue weighted by molar-refractivity contribution is 0.0229. The zero-order valence-electron chi connectivity index (χ0n) is 9.57. The standard InChI is InChI=1S/C13H14N2O2/c1-10-7-8-14-12(10)13(16)15-17-9-11-5-3-2-4-6-11/h2-8,14H,9H2,1H3,(H,15,16). The van der Waals surface area contributed by atoms with Gasteiger partial charge in [-0.25, -0.2) is 5.48 Å². The molecule has 0 aliphatic rings. The molecule has 4 nitrogen and oxygen atoms in total. The summed E-state index contributed by atoms with van der Waals surface area (Å²) in [5.74, 6) is -0.261. The number of rotatable bonds is 4. The van der Waals surface area contributed by atoms with Crippen LogP contribution < -0.4 is 5.48 Å². The van der Waals surface area contributed by atoms with Gasteiger partial charge in [-0.05, 0) is 24.1 Å². The minimum absolute atomic E-state index is 0.261. The van der Waals surface area contributed by atoms with Crippen molar-refractivity contribution in [3.05, 3.63) is 59.4 Å². The van der Waals surface area contributed by atoms with Crippen molar-refractivity contribution >= 4 is 5.91 Å². The van der Waals surface area contributed by atoms with E-state index in [0.29, 0.717) is 12.3 Å². The minimum Gasteiger partial charge on any atom is -0.357 e. The normalized spacial score (nSPS) is 10.2. The first-order valence-electron chi connectivity index (χ1n) is 5.37. The van der Waals surface area contributed by atoms with Gasteiger partial charge in [0, 0.05) is 6.20 Å². The Morgan fingerprint density at radius 3 is 2.71 bits per heavy atom. The van der Waals surface area contributed by atoms with Crippen molar-refractivity contribution in [2.45, 2.75) is 13.5 Å². The van der Waals surface area contributed by atoms with Crippen molar-refractivity contribution in [1.29, 1.82) is 0 Å². The van der Waals surface area contributed by atoms with Crippen LogP contribution in [-0.2, 0) is 11.4 Å². The molecule has 0 fully saturated rings. The van der Waals surface area contributed by atoms with E-state index in [9.17, 15) is 4.79 Å². The number of aryl methyl sites for hydroxylation is 1. The largest absolute Gasteiger partial charge is 0.357 e. The maximum absolute atomic E-state index is 11.6. The highest BCUT2D eigenvalue weighted by Gasteiger charge is 2.09. The molecule has 1 aromatic heterocycles. The van der Waals surface area contributed by atoms with Crippen LogP contribution in [0.15, 0.2) is 42.6 Å². The first-order chi connectivity index (χ1) is 8.27. The molecule has 0 aliphatic heterocycles. The molecular formula is C13H14N2O2. The molecule has 0 bridgehead atoms. The van der Waals surface area contributed by atoms with Gasteiger partial charge in [-0.3, -0.25) is 9.63 Å². The number of nitrogens with one attached hydrogen (secondary N) is 2. The van der Waals surface area contributed by atoms with Crippen molar-refractivity contribution in [3.63, 3.8) is 0 Å².